The minimum atomic E-state index is -5.87. The largest absolute Gasteiger partial charge is 0.426 e. The lowest BCUT2D eigenvalue weighted by atomic mass is 9.66. The molecule has 32 heavy (non-hydrogen) atoms. The molecule has 0 aliphatic carbocycles. The Kier molecular flexibility index (Phi) is 6.47. The second-order valence-electron chi connectivity index (χ2n) is 8.98. The van der Waals surface area contributed by atoms with Gasteiger partial charge in [-0.2, -0.15) is 26.3 Å². The van der Waals surface area contributed by atoms with Gasteiger partial charge in [-0.25, -0.2) is 0 Å². The van der Waals surface area contributed by atoms with Crippen molar-refractivity contribution in [3.8, 4) is 0 Å². The fraction of sp³-hybridized carbons (Fsp3) is 0.591. The molecular formula is C22H26F6N2OS. The van der Waals surface area contributed by atoms with Crippen LogP contribution in [0.5, 0.6) is 0 Å². The summed E-state index contributed by atoms with van der Waals surface area (Å²) < 4.78 is 83.7. The van der Waals surface area contributed by atoms with Gasteiger partial charge in [0.2, 0.25) is 0 Å². The van der Waals surface area contributed by atoms with Crippen LogP contribution in [0.3, 0.4) is 0 Å². The van der Waals surface area contributed by atoms with E-state index in [2.05, 4.69) is 4.98 Å². The number of thiophene rings is 1. The van der Waals surface area contributed by atoms with E-state index in [0.29, 0.717) is 10.4 Å². The van der Waals surface area contributed by atoms with Gasteiger partial charge in [-0.15, -0.1) is 11.3 Å². The first-order valence-corrected chi connectivity index (χ1v) is 11.1. The summed E-state index contributed by atoms with van der Waals surface area (Å²) in [5, 5.41) is 12.2. The molecule has 0 bridgehead atoms. The molecule has 1 atom stereocenters. The van der Waals surface area contributed by atoms with Crippen LogP contribution in [-0.2, 0) is 12.0 Å². The van der Waals surface area contributed by atoms with Crippen molar-refractivity contribution in [2.45, 2.75) is 63.5 Å². The van der Waals surface area contributed by atoms with Crippen LogP contribution >= 0.6 is 11.3 Å². The molecule has 0 saturated carbocycles. The van der Waals surface area contributed by atoms with Crippen molar-refractivity contribution in [2.75, 3.05) is 13.1 Å². The average Bonchev–Trinajstić information content (AvgIpc) is 3.35. The summed E-state index contributed by atoms with van der Waals surface area (Å²) in [5.74, 6) is 0. The number of aryl methyl sites for hydroxylation is 2. The van der Waals surface area contributed by atoms with Crippen molar-refractivity contribution in [3.05, 3.63) is 52.0 Å². The minimum Gasteiger partial charge on any atom is -0.373 e. The van der Waals surface area contributed by atoms with Gasteiger partial charge in [0, 0.05) is 34.3 Å². The number of halogens is 6. The van der Waals surface area contributed by atoms with E-state index in [-0.39, 0.29) is 13.0 Å². The van der Waals surface area contributed by atoms with Crippen LogP contribution in [0.1, 0.15) is 42.8 Å². The van der Waals surface area contributed by atoms with Crippen LogP contribution in [0.2, 0.25) is 0 Å². The Morgan fingerprint density at radius 3 is 2.25 bits per heavy atom. The molecule has 0 amide bonds. The molecule has 3 rings (SSSR count). The zero-order valence-electron chi connectivity index (χ0n) is 18.0. The van der Waals surface area contributed by atoms with E-state index >= 15 is 0 Å². The van der Waals surface area contributed by atoms with E-state index in [4.69, 9.17) is 0 Å². The predicted octanol–water partition coefficient (Wildman–Crippen LogP) is 5.87. The topological polar surface area (TPSA) is 36.4 Å². The van der Waals surface area contributed by atoms with Crippen LogP contribution in [0.25, 0.3) is 0 Å². The van der Waals surface area contributed by atoms with Crippen molar-refractivity contribution >= 4 is 11.3 Å². The standard InChI is InChI=1S/C22H26F6N2OS/c1-15-6-7-16(13-29-15)18(2,3)30-11-10-19(14-30,9-8-17-5-4-12-32-17)20(31,21(23,24)25)22(26,27)28/h4-7,12-13,31H,8-11,14H2,1-3H3. The highest BCUT2D eigenvalue weighted by molar-refractivity contribution is 7.09. The summed E-state index contributed by atoms with van der Waals surface area (Å²) >= 11 is 1.27. The highest BCUT2D eigenvalue weighted by Crippen LogP contribution is 2.59. The molecule has 3 heterocycles. The highest BCUT2D eigenvalue weighted by Gasteiger charge is 2.79. The smallest absolute Gasteiger partial charge is 0.373 e. The molecule has 1 unspecified atom stereocenters. The number of rotatable bonds is 6. The molecule has 0 aromatic carbocycles. The molecule has 2 aromatic heterocycles. The lowest BCUT2D eigenvalue weighted by Crippen LogP contribution is -2.68. The summed E-state index contributed by atoms with van der Waals surface area (Å²) in [6.07, 6.45) is -11.0. The van der Waals surface area contributed by atoms with Gasteiger partial charge in [0.05, 0.1) is 0 Å². The van der Waals surface area contributed by atoms with E-state index < -0.39 is 48.3 Å². The van der Waals surface area contributed by atoms with Crippen LogP contribution in [0, 0.1) is 12.3 Å². The minimum absolute atomic E-state index is 0.0141. The average molecular weight is 481 g/mol. The lowest BCUT2D eigenvalue weighted by Gasteiger charge is -2.47. The molecule has 1 saturated heterocycles. The molecule has 2 aromatic rings. The maximum Gasteiger partial charge on any atom is 0.426 e. The van der Waals surface area contributed by atoms with Crippen LogP contribution < -0.4 is 0 Å². The SMILES string of the molecule is Cc1ccc(C(C)(C)N2CCC(CCc3cccs3)(C(O)(C(F)(F)F)C(F)(F)F)C2)cn1. The highest BCUT2D eigenvalue weighted by atomic mass is 32.1. The third kappa shape index (κ3) is 4.17. The van der Waals surface area contributed by atoms with Crippen LogP contribution in [0.4, 0.5) is 26.3 Å². The Labute approximate surface area is 187 Å². The maximum absolute atomic E-state index is 14.0. The molecule has 3 nitrogen and oxygen atoms in total. The van der Waals surface area contributed by atoms with E-state index in [1.165, 1.54) is 11.3 Å². The Balaban J connectivity index is 2.03. The first-order valence-electron chi connectivity index (χ1n) is 10.2. The number of hydrogen-bond acceptors (Lipinski definition) is 4. The van der Waals surface area contributed by atoms with Crippen molar-refractivity contribution in [2.24, 2.45) is 5.41 Å². The maximum atomic E-state index is 14.0. The third-order valence-electron chi connectivity index (χ3n) is 6.78. The molecule has 0 radical (unpaired) electrons. The number of aromatic nitrogens is 1. The number of alkyl halides is 6. The van der Waals surface area contributed by atoms with Crippen LogP contribution in [-0.4, -0.2) is 46.0 Å². The molecule has 1 fully saturated rings. The van der Waals surface area contributed by atoms with Gasteiger partial charge >= 0.3 is 12.4 Å². The monoisotopic (exact) mass is 480 g/mol. The summed E-state index contributed by atoms with van der Waals surface area (Å²) in [6, 6.07) is 6.89. The summed E-state index contributed by atoms with van der Waals surface area (Å²) in [4.78, 5) is 6.49. The zero-order chi connectivity index (χ0) is 24.0. The fourth-order valence-electron chi connectivity index (χ4n) is 4.62. The van der Waals surface area contributed by atoms with Gasteiger partial charge in [0.25, 0.3) is 5.60 Å². The first kappa shape index (κ1) is 25.0. The number of aliphatic hydroxyl groups is 1. The van der Waals surface area contributed by atoms with Gasteiger partial charge in [0.1, 0.15) is 0 Å². The Morgan fingerprint density at radius 1 is 1.09 bits per heavy atom. The van der Waals surface area contributed by atoms with Crippen molar-refractivity contribution in [3.63, 3.8) is 0 Å². The van der Waals surface area contributed by atoms with E-state index in [1.807, 2.05) is 0 Å². The van der Waals surface area contributed by atoms with E-state index in [0.717, 1.165) is 5.69 Å². The number of nitrogens with zero attached hydrogens (tertiary/aromatic N) is 2. The van der Waals surface area contributed by atoms with Gasteiger partial charge in [-0.3, -0.25) is 9.88 Å². The number of likely N-dealkylation sites (tertiary alicyclic amines) is 1. The Hall–Kier alpha value is -1.65. The molecule has 10 heteroatoms. The molecular weight excluding hydrogens is 454 g/mol. The van der Waals surface area contributed by atoms with Gasteiger partial charge in [0.15, 0.2) is 0 Å². The second kappa shape index (κ2) is 8.29. The Bertz CT molecular complexity index is 894. The van der Waals surface area contributed by atoms with Gasteiger partial charge in [-0.05, 0) is 69.7 Å². The van der Waals surface area contributed by atoms with E-state index in [1.54, 1.807) is 61.5 Å². The first-order chi connectivity index (χ1) is 14.6. The van der Waals surface area contributed by atoms with Crippen LogP contribution in [0.15, 0.2) is 35.8 Å². The molecule has 1 aliphatic heterocycles. The Morgan fingerprint density at radius 2 is 1.75 bits per heavy atom. The van der Waals surface area contributed by atoms with Crippen molar-refractivity contribution < 1.29 is 31.4 Å². The lowest BCUT2D eigenvalue weighted by molar-refractivity contribution is -0.403. The summed E-state index contributed by atoms with van der Waals surface area (Å²) in [6.45, 7) is 4.72. The van der Waals surface area contributed by atoms with Gasteiger partial charge in [-0.1, -0.05) is 12.1 Å². The number of hydrogen-bond donors (Lipinski definition) is 1. The fourth-order valence-corrected chi connectivity index (χ4v) is 5.33. The molecule has 178 valence electrons. The molecule has 1 N–H and O–H groups in total. The predicted molar refractivity (Wildman–Crippen MR) is 110 cm³/mol. The summed E-state index contributed by atoms with van der Waals surface area (Å²) in [5.41, 5.74) is -6.70. The third-order valence-corrected chi connectivity index (χ3v) is 7.72. The quantitative estimate of drug-likeness (QED) is 0.526. The van der Waals surface area contributed by atoms with Gasteiger partial charge < -0.3 is 5.11 Å². The zero-order valence-corrected chi connectivity index (χ0v) is 18.8. The van der Waals surface area contributed by atoms with Crippen molar-refractivity contribution in [1.29, 1.82) is 0 Å². The normalized spacial score (nSPS) is 21.3. The van der Waals surface area contributed by atoms with Crippen molar-refractivity contribution in [1.82, 2.24) is 9.88 Å². The molecule has 0 spiro atoms. The number of pyridine rings is 1. The molecule has 1 aliphatic rings. The second-order valence-corrected chi connectivity index (χ2v) is 10.0. The van der Waals surface area contributed by atoms with E-state index in [9.17, 15) is 31.4 Å². The summed E-state index contributed by atoms with van der Waals surface area (Å²) in [7, 11) is 0.